The molecule has 0 saturated carbocycles. The third kappa shape index (κ3) is 37.0. The van der Waals surface area contributed by atoms with E-state index in [1.807, 2.05) is 20.8 Å². The van der Waals surface area contributed by atoms with Crippen LogP contribution in [-0.2, 0) is 47.5 Å². The van der Waals surface area contributed by atoms with Crippen LogP contribution >= 0.6 is 0 Å². The minimum atomic E-state index is -6.62. The lowest BCUT2D eigenvalue weighted by atomic mass is 10.1. The second-order valence-electron chi connectivity index (χ2n) is 21.5. The van der Waals surface area contributed by atoms with Crippen LogP contribution in [0.15, 0.2) is 0 Å². The minimum Gasteiger partial charge on any atom is -0.464 e. The molecule has 492 valence electrons. The second kappa shape index (κ2) is 45.0. The van der Waals surface area contributed by atoms with E-state index in [1.165, 1.54) is 49.8 Å². The first kappa shape index (κ1) is 79.6. The van der Waals surface area contributed by atoms with Crippen LogP contribution in [0.5, 0.6) is 0 Å². The number of morpholine rings is 1. The summed E-state index contributed by atoms with van der Waals surface area (Å²) in [7, 11) is 0. The summed E-state index contributed by atoms with van der Waals surface area (Å²) in [5, 5.41) is 35.1. The van der Waals surface area contributed by atoms with Crippen LogP contribution in [0.2, 0.25) is 0 Å². The number of aliphatic hydroxyl groups is 4. The molecule has 3 rings (SSSR count). The summed E-state index contributed by atoms with van der Waals surface area (Å²) in [6, 6.07) is 0. The van der Waals surface area contributed by atoms with Crippen molar-refractivity contribution in [2.45, 2.75) is 193 Å². The number of hydrogen-bond donors (Lipinski definition) is 4. The molecule has 2 amide bonds. The highest BCUT2D eigenvalue weighted by molar-refractivity contribution is 5.79. The van der Waals surface area contributed by atoms with E-state index in [0.29, 0.717) is 85.0 Å². The van der Waals surface area contributed by atoms with Crippen LogP contribution in [0.3, 0.4) is 0 Å². The third-order valence-electron chi connectivity index (χ3n) is 13.8. The van der Waals surface area contributed by atoms with Gasteiger partial charge in [0, 0.05) is 84.7 Å². The highest BCUT2D eigenvalue weighted by atomic mass is 19.4. The molecule has 3 aliphatic heterocycles. The molecule has 0 aromatic rings. The smallest absolute Gasteiger partial charge is 0.460 e. The Kier molecular flexibility index (Phi) is 43.1. The van der Waals surface area contributed by atoms with Crippen molar-refractivity contribution in [1.29, 1.82) is 0 Å². The number of rotatable bonds is 35. The van der Waals surface area contributed by atoms with E-state index in [2.05, 4.69) is 21.5 Å². The van der Waals surface area contributed by atoms with Gasteiger partial charge in [0.05, 0.1) is 78.8 Å². The fraction of sp³-hybridized carbons (Fsp3) is 0.929. The minimum absolute atomic E-state index is 0.0270. The number of amides is 2. The lowest BCUT2D eigenvalue weighted by Crippen LogP contribution is -2.57. The Bertz CT molecular complexity index is 1640. The summed E-state index contributed by atoms with van der Waals surface area (Å²) in [6.07, 6.45) is 5.15. The van der Waals surface area contributed by atoms with E-state index >= 15 is 0 Å². The van der Waals surface area contributed by atoms with Crippen LogP contribution in [0.4, 0.5) is 40.3 Å². The van der Waals surface area contributed by atoms with Gasteiger partial charge in [-0.2, -0.15) is 30.7 Å². The van der Waals surface area contributed by atoms with Gasteiger partial charge in [0.2, 0.25) is 0 Å². The van der Waals surface area contributed by atoms with Gasteiger partial charge < -0.3 is 68.1 Å². The van der Waals surface area contributed by atoms with E-state index in [4.69, 9.17) is 48.5 Å². The van der Waals surface area contributed by atoms with Gasteiger partial charge in [-0.05, 0) is 59.8 Å². The Morgan fingerprint density at radius 3 is 1.37 bits per heavy atom. The summed E-state index contributed by atoms with van der Waals surface area (Å²) >= 11 is 0. The lowest BCUT2D eigenvalue weighted by Gasteiger charge is -2.34. The molecule has 3 saturated heterocycles. The molecule has 0 aromatic heterocycles. The molecule has 0 unspecified atom stereocenters. The van der Waals surface area contributed by atoms with E-state index in [9.17, 15) is 55.0 Å². The van der Waals surface area contributed by atoms with Crippen LogP contribution in [0.25, 0.3) is 0 Å². The largest absolute Gasteiger partial charge is 0.464 e. The molecule has 3 heterocycles. The molecule has 20 nitrogen and oxygen atoms in total. The highest BCUT2D eigenvalue weighted by Gasteiger charge is 2.77. The fourth-order valence-electron chi connectivity index (χ4n) is 7.66. The average Bonchev–Trinajstić information content (AvgIpc) is 3.64. The standard InChI is InChI=1S/C18H35NO3.C15H20F7NO4.C12H27NO6.C11H21NO3/c1-2-3-4-5-6-7-8-9-10-11-18(20)22-17-14-19-12-15-21-16-13-19;1-4-12(2,3)27-11(25)23-7-5-9(6-8-23)26-10(24)13(16,17)14(18,19)15(20,21)22;14-4-10-17-7-1-13(2-8-18-11-5-15)3-9-19-12-6-16;1-4-11(2,3)15-10(14)12-7-5-9(13)6-8-12/h2-17H2,1H3;9H,4-8H2,1-3H3;14-16H,1-12H2;9,13H,4-8H2,1-3H3. The zero-order valence-corrected chi connectivity index (χ0v) is 50.6. The van der Waals surface area contributed by atoms with Gasteiger partial charge >= 0.3 is 42.1 Å². The fourth-order valence-corrected chi connectivity index (χ4v) is 7.66. The molecule has 0 aromatic carbocycles. The quantitative estimate of drug-likeness (QED) is 0.0203. The van der Waals surface area contributed by atoms with Crippen molar-refractivity contribution in [3.05, 3.63) is 0 Å². The van der Waals surface area contributed by atoms with E-state index in [-0.39, 0.29) is 63.9 Å². The zero-order chi connectivity index (χ0) is 62.8. The Balaban J connectivity index is 0.00000110. The summed E-state index contributed by atoms with van der Waals surface area (Å²) in [6.45, 7) is 24.0. The normalized spacial score (nSPS) is 16.0. The Morgan fingerprint density at radius 2 is 0.976 bits per heavy atom. The number of halogens is 7. The van der Waals surface area contributed by atoms with Gasteiger partial charge in [-0.1, -0.05) is 72.1 Å². The van der Waals surface area contributed by atoms with Gasteiger partial charge in [-0.15, -0.1) is 0 Å². The molecule has 0 atom stereocenters. The molecular weight excluding hydrogens is 1120 g/mol. The number of unbranched alkanes of at least 4 members (excludes halogenated alkanes) is 8. The second-order valence-corrected chi connectivity index (χ2v) is 21.5. The number of nitrogens with zero attached hydrogens (tertiary/aromatic N) is 4. The van der Waals surface area contributed by atoms with Crippen molar-refractivity contribution >= 4 is 24.1 Å². The number of carbonyl (C=O) groups excluding carboxylic acids is 4. The highest BCUT2D eigenvalue weighted by Crippen LogP contribution is 2.47. The zero-order valence-electron chi connectivity index (χ0n) is 50.6. The van der Waals surface area contributed by atoms with Crippen LogP contribution in [-0.4, -0.2) is 250 Å². The van der Waals surface area contributed by atoms with E-state index < -0.39 is 47.4 Å². The van der Waals surface area contributed by atoms with Crippen LogP contribution < -0.4 is 0 Å². The van der Waals surface area contributed by atoms with Crippen molar-refractivity contribution in [2.24, 2.45) is 0 Å². The molecule has 3 aliphatic rings. The molecule has 0 radical (unpaired) electrons. The lowest BCUT2D eigenvalue weighted by molar-refractivity contribution is -0.349. The predicted octanol–water partition coefficient (Wildman–Crippen LogP) is 8.02. The van der Waals surface area contributed by atoms with Gasteiger partial charge in [0.25, 0.3) is 0 Å². The maximum atomic E-state index is 13.2. The number of carbonyl (C=O) groups is 4. The van der Waals surface area contributed by atoms with E-state index in [0.717, 1.165) is 71.7 Å². The third-order valence-corrected chi connectivity index (χ3v) is 13.8. The molecule has 4 N–H and O–H groups in total. The number of likely N-dealkylation sites (tertiary alicyclic amines) is 2. The molecule has 0 spiro atoms. The SMILES string of the molecule is CCC(C)(C)OC(=O)N1CCC(O)CC1.CCC(C)(C)OC(=O)N1CCC(OC(=O)C(F)(F)C(F)(F)C(F)(F)F)CC1.CCCCCCCCCCCC(=O)OCCN1CCOCC1.OCCOCCN(CCOCCO)CCOCCO. The molecule has 3 fully saturated rings. The molecular formula is C56H103F7N4O16. The summed E-state index contributed by atoms with van der Waals surface area (Å²) < 4.78 is 129. The Morgan fingerprint density at radius 1 is 0.566 bits per heavy atom. The van der Waals surface area contributed by atoms with Crippen molar-refractivity contribution in [2.75, 3.05) is 145 Å². The number of alkyl halides is 7. The Labute approximate surface area is 488 Å². The number of hydrogen-bond acceptors (Lipinski definition) is 18. The average molecular weight is 1220 g/mol. The van der Waals surface area contributed by atoms with Gasteiger partial charge in [-0.25, -0.2) is 14.4 Å². The van der Waals surface area contributed by atoms with E-state index in [1.54, 1.807) is 25.7 Å². The van der Waals surface area contributed by atoms with Gasteiger partial charge in [-0.3, -0.25) is 14.6 Å². The number of esters is 2. The number of ether oxygens (including phenoxy) is 8. The maximum absolute atomic E-state index is 13.2. The molecule has 27 heteroatoms. The maximum Gasteiger partial charge on any atom is 0.460 e. The first-order valence-corrected chi connectivity index (χ1v) is 29.6. The summed E-state index contributed by atoms with van der Waals surface area (Å²) in [5.41, 5.74) is -1.14. The van der Waals surface area contributed by atoms with Crippen molar-refractivity contribution in [3.63, 3.8) is 0 Å². The molecule has 83 heavy (non-hydrogen) atoms. The number of piperidine rings is 2. The number of aliphatic hydroxyl groups excluding tert-OH is 4. The van der Waals surface area contributed by atoms with Crippen molar-refractivity contribution < 1.29 is 108 Å². The van der Waals surface area contributed by atoms with Gasteiger partial charge in [0.15, 0.2) is 0 Å². The van der Waals surface area contributed by atoms with Gasteiger partial charge in [0.1, 0.15) is 23.9 Å². The topological polar surface area (TPSA) is 236 Å². The van der Waals surface area contributed by atoms with Crippen LogP contribution in [0.1, 0.15) is 151 Å². The van der Waals surface area contributed by atoms with Crippen molar-refractivity contribution in [1.82, 2.24) is 19.6 Å². The van der Waals surface area contributed by atoms with Crippen LogP contribution in [0, 0.1) is 0 Å². The summed E-state index contributed by atoms with van der Waals surface area (Å²) in [5.74, 6) is -15.6. The monoisotopic (exact) mass is 1220 g/mol. The predicted molar refractivity (Wildman–Crippen MR) is 295 cm³/mol. The summed E-state index contributed by atoms with van der Waals surface area (Å²) in [4.78, 5) is 53.8. The first-order valence-electron chi connectivity index (χ1n) is 29.6. The Hall–Kier alpha value is -3.41. The first-order chi connectivity index (χ1) is 39.2. The molecule has 0 aliphatic carbocycles. The van der Waals surface area contributed by atoms with Crippen molar-refractivity contribution in [3.8, 4) is 0 Å². The molecule has 0 bridgehead atoms.